The minimum atomic E-state index is 0.451. The fourth-order valence-corrected chi connectivity index (χ4v) is 1.12. The topological polar surface area (TPSA) is 35.4 Å². The molecule has 1 unspecified atom stereocenters. The Morgan fingerprint density at radius 1 is 1.70 bits per heavy atom. The maximum atomic E-state index is 5.01. The first-order valence-electron chi connectivity index (χ1n) is 3.79. The number of rotatable bonds is 2. The maximum absolute atomic E-state index is 5.01. The Balaban J connectivity index is 2.15. The highest BCUT2D eigenvalue weighted by Gasteiger charge is 2.09. The van der Waals surface area contributed by atoms with Gasteiger partial charge in [0, 0.05) is 26.2 Å². The molecule has 1 N–H and O–H groups in total. The predicted molar refractivity (Wildman–Crippen MR) is 40.2 cm³/mol. The molecule has 3 nitrogen and oxygen atoms in total. The van der Waals surface area contributed by atoms with Gasteiger partial charge in [0.1, 0.15) is 0 Å². The molecule has 3 heteroatoms. The molecule has 1 fully saturated rings. The van der Waals surface area contributed by atoms with Crippen molar-refractivity contribution in [3.8, 4) is 0 Å². The number of nitrogens with one attached hydrogen (secondary N) is 1. The van der Waals surface area contributed by atoms with Gasteiger partial charge in [0.15, 0.2) is 0 Å². The van der Waals surface area contributed by atoms with Gasteiger partial charge >= 0.3 is 0 Å². The summed E-state index contributed by atoms with van der Waals surface area (Å²) in [5, 5.41) is 7.69. The van der Waals surface area contributed by atoms with Gasteiger partial charge in [0.25, 0.3) is 0 Å². The van der Waals surface area contributed by atoms with E-state index in [4.69, 9.17) is 4.74 Å². The zero-order valence-corrected chi connectivity index (χ0v) is 6.47. The molecule has 1 aliphatic rings. The lowest BCUT2D eigenvalue weighted by molar-refractivity contribution is 0.168. The first-order chi connectivity index (χ1) is 4.93. The summed E-state index contributed by atoms with van der Waals surface area (Å²) in [6.07, 6.45) is 1.17. The quantitative estimate of drug-likeness (QED) is 0.571. The molecule has 0 aliphatic carbocycles. The van der Waals surface area contributed by atoms with Crippen molar-refractivity contribution in [2.45, 2.75) is 12.5 Å². The van der Waals surface area contributed by atoms with E-state index in [9.17, 15) is 0 Å². The molecule has 1 aliphatic heterocycles. The van der Waals surface area contributed by atoms with E-state index in [0.717, 1.165) is 26.2 Å². The van der Waals surface area contributed by atoms with Gasteiger partial charge in [-0.05, 0) is 13.0 Å². The lowest BCUT2D eigenvalue weighted by Gasteiger charge is -2.12. The molecule has 0 aromatic carbocycles. The third-order valence-corrected chi connectivity index (χ3v) is 1.64. The van der Waals surface area contributed by atoms with E-state index >= 15 is 0 Å². The van der Waals surface area contributed by atoms with Gasteiger partial charge < -0.3 is 10.1 Å². The first kappa shape index (κ1) is 7.98. The monoisotopic (exact) mass is 143 g/mol. The summed E-state index contributed by atoms with van der Waals surface area (Å²) in [7, 11) is 1.73. The zero-order valence-electron chi connectivity index (χ0n) is 6.47. The first-order valence-corrected chi connectivity index (χ1v) is 3.79. The Morgan fingerprint density at radius 3 is 3.40 bits per heavy atom. The van der Waals surface area contributed by atoms with E-state index in [1.165, 1.54) is 6.42 Å². The largest absolute Gasteiger partial charge is 0.383 e. The van der Waals surface area contributed by atoms with Crippen LogP contribution >= 0.6 is 0 Å². The van der Waals surface area contributed by atoms with Crippen molar-refractivity contribution in [2.24, 2.45) is 0 Å². The maximum Gasteiger partial charge on any atom is 0.0628 e. The second-order valence-electron chi connectivity index (χ2n) is 2.59. The smallest absolute Gasteiger partial charge is 0.0628 e. The van der Waals surface area contributed by atoms with Crippen LogP contribution in [0.1, 0.15) is 6.42 Å². The minimum Gasteiger partial charge on any atom is -0.383 e. The molecule has 1 rings (SSSR count). The highest BCUT2D eigenvalue weighted by Crippen LogP contribution is 1.90. The van der Waals surface area contributed by atoms with Crippen molar-refractivity contribution in [2.75, 3.05) is 33.4 Å². The Labute approximate surface area is 62.1 Å². The van der Waals surface area contributed by atoms with Crippen LogP contribution in [0.2, 0.25) is 0 Å². The standard InChI is InChI=1S/C7H15N2O/c1-10-6-7-5-8-3-2-4-9-7/h7,9H,2-6H2,1H3. The highest BCUT2D eigenvalue weighted by molar-refractivity contribution is 4.72. The third kappa shape index (κ3) is 2.64. The van der Waals surface area contributed by atoms with Gasteiger partial charge in [-0.15, -0.1) is 0 Å². The van der Waals surface area contributed by atoms with Gasteiger partial charge in [0.2, 0.25) is 0 Å². The zero-order chi connectivity index (χ0) is 7.23. The van der Waals surface area contributed by atoms with Crippen molar-refractivity contribution >= 4 is 0 Å². The van der Waals surface area contributed by atoms with Gasteiger partial charge in [0.05, 0.1) is 6.61 Å². The molecule has 1 heterocycles. The molecule has 0 aromatic heterocycles. The van der Waals surface area contributed by atoms with E-state index in [2.05, 4.69) is 10.6 Å². The Kier molecular flexibility index (Phi) is 3.72. The lowest BCUT2D eigenvalue weighted by atomic mass is 10.3. The summed E-state index contributed by atoms with van der Waals surface area (Å²) < 4.78 is 5.01. The summed E-state index contributed by atoms with van der Waals surface area (Å²) >= 11 is 0. The summed E-state index contributed by atoms with van der Waals surface area (Å²) in [4.78, 5) is 0. The number of hydrogen-bond acceptors (Lipinski definition) is 2. The molecule has 0 spiro atoms. The molecule has 1 radical (unpaired) electrons. The fraction of sp³-hybridized carbons (Fsp3) is 1.00. The summed E-state index contributed by atoms with van der Waals surface area (Å²) in [6, 6.07) is 0.451. The van der Waals surface area contributed by atoms with E-state index in [0.29, 0.717) is 6.04 Å². The third-order valence-electron chi connectivity index (χ3n) is 1.64. The van der Waals surface area contributed by atoms with Crippen LogP contribution in [0.3, 0.4) is 0 Å². The van der Waals surface area contributed by atoms with Gasteiger partial charge in [-0.3, -0.25) is 0 Å². The second kappa shape index (κ2) is 4.66. The van der Waals surface area contributed by atoms with Gasteiger partial charge in [-0.2, -0.15) is 0 Å². The fourth-order valence-electron chi connectivity index (χ4n) is 1.12. The van der Waals surface area contributed by atoms with Crippen LogP contribution in [0.4, 0.5) is 0 Å². The van der Waals surface area contributed by atoms with Crippen molar-refractivity contribution in [1.82, 2.24) is 10.6 Å². The predicted octanol–water partition coefficient (Wildman–Crippen LogP) is -0.401. The molecule has 0 amide bonds. The molecule has 0 bridgehead atoms. The summed E-state index contributed by atoms with van der Waals surface area (Å²) in [5.41, 5.74) is 0. The normalized spacial score (nSPS) is 27.9. The number of hydrogen-bond donors (Lipinski definition) is 1. The van der Waals surface area contributed by atoms with Crippen molar-refractivity contribution in [1.29, 1.82) is 0 Å². The van der Waals surface area contributed by atoms with Crippen LogP contribution in [-0.4, -0.2) is 39.4 Å². The van der Waals surface area contributed by atoms with Gasteiger partial charge in [-0.1, -0.05) is 0 Å². The summed E-state index contributed by atoms with van der Waals surface area (Å²) in [6.45, 7) is 3.78. The second-order valence-corrected chi connectivity index (χ2v) is 2.59. The molecule has 10 heavy (non-hydrogen) atoms. The molecular weight excluding hydrogens is 128 g/mol. The van der Waals surface area contributed by atoms with Crippen LogP contribution in [0, 0.1) is 0 Å². The highest BCUT2D eigenvalue weighted by atomic mass is 16.5. The van der Waals surface area contributed by atoms with E-state index < -0.39 is 0 Å². The van der Waals surface area contributed by atoms with E-state index in [1.807, 2.05) is 0 Å². The Hall–Kier alpha value is -0.120. The Bertz CT molecular complexity index is 79.7. The average molecular weight is 143 g/mol. The Morgan fingerprint density at radius 2 is 2.60 bits per heavy atom. The molecule has 59 valence electrons. The summed E-state index contributed by atoms with van der Waals surface area (Å²) in [5.74, 6) is 0. The van der Waals surface area contributed by atoms with Gasteiger partial charge in [-0.25, -0.2) is 5.32 Å². The number of ether oxygens (including phenoxy) is 1. The molecule has 1 saturated heterocycles. The minimum absolute atomic E-state index is 0.451. The molecule has 1 atom stereocenters. The van der Waals surface area contributed by atoms with Crippen LogP contribution in [0.25, 0.3) is 0 Å². The van der Waals surface area contributed by atoms with Crippen molar-refractivity contribution in [3.05, 3.63) is 0 Å². The van der Waals surface area contributed by atoms with Crippen molar-refractivity contribution in [3.63, 3.8) is 0 Å². The average Bonchev–Trinajstić information content (AvgIpc) is 2.17. The molecular formula is C7H15N2O. The lowest BCUT2D eigenvalue weighted by Crippen LogP contribution is -2.37. The molecule has 0 aromatic rings. The van der Waals surface area contributed by atoms with E-state index in [-0.39, 0.29) is 0 Å². The SMILES string of the molecule is COCC1C[N]CCCN1. The molecule has 0 saturated carbocycles. The van der Waals surface area contributed by atoms with Crippen LogP contribution < -0.4 is 10.6 Å². The number of nitrogens with zero attached hydrogens (tertiary/aromatic N) is 1. The van der Waals surface area contributed by atoms with Crippen LogP contribution in [0.15, 0.2) is 0 Å². The van der Waals surface area contributed by atoms with Crippen LogP contribution in [0.5, 0.6) is 0 Å². The van der Waals surface area contributed by atoms with Crippen LogP contribution in [-0.2, 0) is 4.74 Å². The van der Waals surface area contributed by atoms with E-state index in [1.54, 1.807) is 7.11 Å². The van der Waals surface area contributed by atoms with Crippen molar-refractivity contribution < 1.29 is 4.74 Å². The number of methoxy groups -OCH3 is 1.